The quantitative estimate of drug-likeness (QED) is 0.593. The number of nitriles is 1. The molecule has 0 amide bonds. The van der Waals surface area contributed by atoms with Crippen LogP contribution in [0.5, 0.6) is 0 Å². The second kappa shape index (κ2) is 7.40. The van der Waals surface area contributed by atoms with E-state index in [4.69, 9.17) is 0 Å². The van der Waals surface area contributed by atoms with Gasteiger partial charge in [-0.05, 0) is 67.7 Å². The van der Waals surface area contributed by atoms with Crippen molar-refractivity contribution in [1.29, 1.82) is 5.26 Å². The maximum absolute atomic E-state index is 9.68. The molecule has 0 N–H and O–H groups in total. The summed E-state index contributed by atoms with van der Waals surface area (Å²) in [7, 11) is 0. The first-order chi connectivity index (χ1) is 11.6. The van der Waals surface area contributed by atoms with Crippen molar-refractivity contribution in [2.75, 3.05) is 0 Å². The number of fused-ring (bicyclic) bond motifs is 1. The first kappa shape index (κ1) is 17.0. The lowest BCUT2D eigenvalue weighted by Crippen LogP contribution is -2.01. The summed E-state index contributed by atoms with van der Waals surface area (Å²) < 4.78 is 0. The van der Waals surface area contributed by atoms with E-state index in [0.29, 0.717) is 11.8 Å². The van der Waals surface area contributed by atoms with Gasteiger partial charge >= 0.3 is 0 Å². The summed E-state index contributed by atoms with van der Waals surface area (Å²) in [6.07, 6.45) is 12.4. The van der Waals surface area contributed by atoms with E-state index in [1.807, 2.05) is 12.1 Å². The van der Waals surface area contributed by atoms with E-state index >= 15 is 0 Å². The minimum Gasteiger partial charge on any atom is -0.265 e. The van der Waals surface area contributed by atoms with Crippen molar-refractivity contribution >= 4 is 18.2 Å². The maximum atomic E-state index is 9.68. The van der Waals surface area contributed by atoms with Crippen molar-refractivity contribution in [3.63, 3.8) is 0 Å². The number of hydrogen-bond donors (Lipinski definition) is 1. The van der Waals surface area contributed by atoms with Crippen LogP contribution >= 0.6 is 12.6 Å². The fraction of sp³-hybridized carbons (Fsp3) is 0.429. The molecule has 2 aliphatic rings. The lowest BCUT2D eigenvalue weighted by molar-refractivity contribution is 0.482. The van der Waals surface area contributed by atoms with Crippen LogP contribution in [0.2, 0.25) is 0 Å². The summed E-state index contributed by atoms with van der Waals surface area (Å²) >= 11 is 4.47. The van der Waals surface area contributed by atoms with E-state index in [9.17, 15) is 5.26 Å². The smallest absolute Gasteiger partial charge is 0.0997 e. The first-order valence-corrected chi connectivity index (χ1v) is 9.26. The number of pyridine rings is 1. The van der Waals surface area contributed by atoms with E-state index in [0.717, 1.165) is 30.4 Å². The topological polar surface area (TPSA) is 36.7 Å². The normalized spacial score (nSPS) is 26.6. The standard InChI is InChI=1S/C21H24N2S/c1-3-15-10-17-11-18(12-20(17)19(15)5-4-14(2)24)21(13-22)16-6-8-23-9-7-16/h4-9,14,17,20,24H,3,10-12H2,1-2H3/b5-4-,21-18+. The third-order valence-electron chi connectivity index (χ3n) is 5.28. The van der Waals surface area contributed by atoms with Crippen LogP contribution in [0.1, 0.15) is 45.1 Å². The van der Waals surface area contributed by atoms with Crippen molar-refractivity contribution in [1.82, 2.24) is 4.98 Å². The molecular weight excluding hydrogens is 312 g/mol. The lowest BCUT2D eigenvalue weighted by Gasteiger charge is -2.11. The van der Waals surface area contributed by atoms with Gasteiger partial charge in [0.25, 0.3) is 0 Å². The molecule has 1 aromatic rings. The monoisotopic (exact) mass is 336 g/mol. The molecule has 3 unspecified atom stereocenters. The average Bonchev–Trinajstić information content (AvgIpc) is 3.12. The van der Waals surface area contributed by atoms with Gasteiger partial charge in [-0.25, -0.2) is 0 Å². The molecule has 3 atom stereocenters. The summed E-state index contributed by atoms with van der Waals surface area (Å²) in [5.41, 5.74) is 6.28. The van der Waals surface area contributed by atoms with Crippen LogP contribution in [0.25, 0.3) is 5.57 Å². The van der Waals surface area contributed by atoms with Gasteiger partial charge in [-0.2, -0.15) is 17.9 Å². The van der Waals surface area contributed by atoms with Crippen LogP contribution in [-0.4, -0.2) is 10.2 Å². The zero-order valence-corrected chi connectivity index (χ0v) is 15.3. The fourth-order valence-electron chi connectivity index (χ4n) is 4.15. The van der Waals surface area contributed by atoms with Gasteiger partial charge in [-0.3, -0.25) is 4.98 Å². The Hall–Kier alpha value is -1.79. The third kappa shape index (κ3) is 3.35. The van der Waals surface area contributed by atoms with Crippen molar-refractivity contribution < 1.29 is 0 Å². The molecule has 0 spiro atoms. The van der Waals surface area contributed by atoms with Gasteiger partial charge in [0.05, 0.1) is 11.6 Å². The summed E-state index contributed by atoms with van der Waals surface area (Å²) in [4.78, 5) is 4.06. The Balaban J connectivity index is 1.91. The molecule has 1 heterocycles. The number of rotatable bonds is 4. The van der Waals surface area contributed by atoms with Crippen molar-refractivity contribution in [3.05, 3.63) is 59.0 Å². The van der Waals surface area contributed by atoms with Crippen molar-refractivity contribution in [2.24, 2.45) is 11.8 Å². The van der Waals surface area contributed by atoms with Crippen molar-refractivity contribution in [3.8, 4) is 6.07 Å². The largest absolute Gasteiger partial charge is 0.265 e. The molecule has 24 heavy (non-hydrogen) atoms. The van der Waals surface area contributed by atoms with Gasteiger partial charge in [0.15, 0.2) is 0 Å². The third-order valence-corrected chi connectivity index (χ3v) is 5.45. The molecule has 3 heteroatoms. The Morgan fingerprint density at radius 2 is 2.12 bits per heavy atom. The Labute approximate surface area is 150 Å². The Kier molecular flexibility index (Phi) is 5.26. The molecule has 2 aliphatic carbocycles. The van der Waals surface area contributed by atoms with Crippen molar-refractivity contribution in [2.45, 2.75) is 44.8 Å². The molecule has 1 fully saturated rings. The highest BCUT2D eigenvalue weighted by Crippen LogP contribution is 2.52. The van der Waals surface area contributed by atoms with Gasteiger partial charge in [0.2, 0.25) is 0 Å². The highest BCUT2D eigenvalue weighted by atomic mass is 32.1. The van der Waals surface area contributed by atoms with E-state index < -0.39 is 0 Å². The predicted molar refractivity (Wildman–Crippen MR) is 103 cm³/mol. The average molecular weight is 337 g/mol. The molecule has 3 rings (SSSR count). The van der Waals surface area contributed by atoms with Gasteiger partial charge in [-0.1, -0.05) is 30.2 Å². The minimum atomic E-state index is 0.276. The van der Waals surface area contributed by atoms with E-state index in [2.05, 4.69) is 49.7 Å². The van der Waals surface area contributed by atoms with E-state index in [1.165, 1.54) is 17.6 Å². The Bertz CT molecular complexity index is 735. The maximum Gasteiger partial charge on any atom is 0.0997 e. The molecule has 1 saturated carbocycles. The van der Waals surface area contributed by atoms with Crippen LogP contribution in [0.4, 0.5) is 0 Å². The molecule has 1 aromatic heterocycles. The van der Waals surface area contributed by atoms with Gasteiger partial charge in [0, 0.05) is 17.6 Å². The van der Waals surface area contributed by atoms with Gasteiger partial charge in [0.1, 0.15) is 0 Å². The summed E-state index contributed by atoms with van der Waals surface area (Å²) in [6, 6.07) is 6.33. The SMILES string of the molecule is CCC1=C(/C=C\C(C)S)C2C/C(=C(\C#N)c3ccncc3)CC2C1. The van der Waals surface area contributed by atoms with Crippen LogP contribution in [0.3, 0.4) is 0 Å². The van der Waals surface area contributed by atoms with Crippen LogP contribution in [0, 0.1) is 23.2 Å². The molecule has 0 aliphatic heterocycles. The summed E-state index contributed by atoms with van der Waals surface area (Å²) in [5.74, 6) is 1.23. The number of allylic oxidation sites excluding steroid dienone is 5. The van der Waals surface area contributed by atoms with Crippen LogP contribution < -0.4 is 0 Å². The van der Waals surface area contributed by atoms with Gasteiger partial charge in [-0.15, -0.1) is 0 Å². The van der Waals surface area contributed by atoms with Crippen LogP contribution in [-0.2, 0) is 0 Å². The molecule has 124 valence electrons. The predicted octanol–water partition coefficient (Wildman–Crippen LogP) is 5.37. The number of nitrogens with zero attached hydrogens (tertiary/aromatic N) is 2. The highest BCUT2D eigenvalue weighted by molar-refractivity contribution is 7.81. The van der Waals surface area contributed by atoms with E-state index in [1.54, 1.807) is 18.0 Å². The second-order valence-electron chi connectivity index (χ2n) is 6.82. The number of aromatic nitrogens is 1. The summed E-state index contributed by atoms with van der Waals surface area (Å²) in [6.45, 7) is 4.35. The molecule has 0 bridgehead atoms. The number of thiol groups is 1. The number of hydrogen-bond acceptors (Lipinski definition) is 3. The molecule has 0 saturated heterocycles. The Morgan fingerprint density at radius 1 is 1.38 bits per heavy atom. The second-order valence-corrected chi connectivity index (χ2v) is 7.63. The zero-order chi connectivity index (χ0) is 17.1. The molecule has 0 radical (unpaired) electrons. The van der Waals surface area contributed by atoms with E-state index in [-0.39, 0.29) is 5.25 Å². The zero-order valence-electron chi connectivity index (χ0n) is 14.4. The lowest BCUT2D eigenvalue weighted by atomic mass is 9.94. The first-order valence-electron chi connectivity index (χ1n) is 8.74. The molecular formula is C21H24N2S. The fourth-order valence-corrected chi connectivity index (χ4v) is 4.24. The molecule has 0 aromatic carbocycles. The molecule has 2 nitrogen and oxygen atoms in total. The Morgan fingerprint density at radius 3 is 2.75 bits per heavy atom. The minimum absolute atomic E-state index is 0.276. The van der Waals surface area contributed by atoms with Crippen LogP contribution in [0.15, 0.2) is 53.4 Å². The van der Waals surface area contributed by atoms with Gasteiger partial charge < -0.3 is 0 Å². The highest BCUT2D eigenvalue weighted by Gasteiger charge is 2.39. The summed E-state index contributed by atoms with van der Waals surface area (Å²) in [5, 5.41) is 9.95.